The van der Waals surface area contributed by atoms with Crippen LogP contribution in [0.2, 0.25) is 5.02 Å². The van der Waals surface area contributed by atoms with Crippen molar-refractivity contribution in [1.29, 1.82) is 0 Å². The number of nitrogens with one attached hydrogen (secondary N) is 2. The van der Waals surface area contributed by atoms with E-state index in [9.17, 15) is 18.8 Å². The van der Waals surface area contributed by atoms with Gasteiger partial charge in [0.1, 0.15) is 12.1 Å². The largest absolute Gasteiger partial charge is 0.368 e. The number of aldehydes is 1. The molecule has 2 rings (SSSR count). The lowest BCUT2D eigenvalue weighted by molar-refractivity contribution is -0.132. The van der Waals surface area contributed by atoms with E-state index in [1.165, 1.54) is 19.2 Å². The van der Waals surface area contributed by atoms with Crippen LogP contribution in [0.15, 0.2) is 18.2 Å². The van der Waals surface area contributed by atoms with Gasteiger partial charge in [-0.05, 0) is 31.5 Å². The van der Waals surface area contributed by atoms with E-state index in [2.05, 4.69) is 10.6 Å². The van der Waals surface area contributed by atoms with Crippen LogP contribution in [-0.2, 0) is 9.59 Å². The monoisotopic (exact) mass is 398 g/mol. The molecule has 1 aromatic rings. The number of carbonyl (C=O) groups excluding carboxylic acids is 3. The Labute approximate surface area is 162 Å². The standard InChI is InChI=1S/C18H24ClFN4O3/c1-18(12-25,22-17(27)21-2)4-3-16(26)24-7-5-23(6-8-24)15-10-13(19)9-14(20)11-15/h9-12H,3-8H2,1-2H3,(H2,21,22,27). The number of carbonyl (C=O) groups is 3. The van der Waals surface area contributed by atoms with Gasteiger partial charge in [-0.25, -0.2) is 9.18 Å². The number of rotatable bonds is 6. The molecule has 0 bridgehead atoms. The number of hydrogen-bond donors (Lipinski definition) is 2. The average Bonchev–Trinajstić information content (AvgIpc) is 2.65. The number of urea groups is 1. The lowest BCUT2D eigenvalue weighted by atomic mass is 9.97. The Balaban J connectivity index is 1.87. The zero-order valence-corrected chi connectivity index (χ0v) is 16.2. The number of anilines is 1. The SMILES string of the molecule is CNC(=O)NC(C)(C=O)CCC(=O)N1CCN(c2cc(F)cc(Cl)c2)CC1. The fourth-order valence-electron chi connectivity index (χ4n) is 2.93. The summed E-state index contributed by atoms with van der Waals surface area (Å²) in [6, 6.07) is 3.90. The number of benzene rings is 1. The van der Waals surface area contributed by atoms with Crippen LogP contribution in [0, 0.1) is 5.82 Å². The molecule has 1 aliphatic heterocycles. The summed E-state index contributed by atoms with van der Waals surface area (Å²) in [6.45, 7) is 3.69. The van der Waals surface area contributed by atoms with E-state index in [-0.39, 0.29) is 18.7 Å². The molecule has 2 N–H and O–H groups in total. The molecule has 1 heterocycles. The third-order valence-electron chi connectivity index (χ3n) is 4.59. The smallest absolute Gasteiger partial charge is 0.315 e. The molecule has 148 valence electrons. The first-order valence-corrected chi connectivity index (χ1v) is 9.09. The molecule has 3 amide bonds. The van der Waals surface area contributed by atoms with Crippen molar-refractivity contribution < 1.29 is 18.8 Å². The van der Waals surface area contributed by atoms with E-state index in [1.54, 1.807) is 17.9 Å². The molecule has 0 aromatic heterocycles. The van der Waals surface area contributed by atoms with Gasteiger partial charge in [0.2, 0.25) is 5.91 Å². The average molecular weight is 399 g/mol. The molecular formula is C18H24ClFN4O3. The molecule has 9 heteroatoms. The van der Waals surface area contributed by atoms with Gasteiger partial charge in [-0.2, -0.15) is 0 Å². The molecular weight excluding hydrogens is 375 g/mol. The van der Waals surface area contributed by atoms with Crippen LogP contribution in [0.5, 0.6) is 0 Å². The van der Waals surface area contributed by atoms with Crippen molar-refractivity contribution in [2.45, 2.75) is 25.3 Å². The predicted molar refractivity (Wildman–Crippen MR) is 101 cm³/mol. The second-order valence-electron chi connectivity index (χ2n) is 6.73. The highest BCUT2D eigenvalue weighted by Crippen LogP contribution is 2.23. The lowest BCUT2D eigenvalue weighted by Gasteiger charge is -2.36. The lowest BCUT2D eigenvalue weighted by Crippen LogP contribution is -2.52. The Kier molecular flexibility index (Phi) is 7.01. The minimum Gasteiger partial charge on any atom is -0.368 e. The molecule has 0 radical (unpaired) electrons. The van der Waals surface area contributed by atoms with Crippen molar-refractivity contribution >= 4 is 35.5 Å². The topological polar surface area (TPSA) is 81.8 Å². The summed E-state index contributed by atoms with van der Waals surface area (Å²) in [4.78, 5) is 38.9. The van der Waals surface area contributed by atoms with Crippen LogP contribution in [0.1, 0.15) is 19.8 Å². The second-order valence-corrected chi connectivity index (χ2v) is 7.17. The fraction of sp³-hybridized carbons (Fsp3) is 0.500. The molecule has 0 spiro atoms. The van der Waals surface area contributed by atoms with E-state index >= 15 is 0 Å². The summed E-state index contributed by atoms with van der Waals surface area (Å²) < 4.78 is 13.5. The summed E-state index contributed by atoms with van der Waals surface area (Å²) in [6.07, 6.45) is 0.995. The van der Waals surface area contributed by atoms with Crippen LogP contribution in [0.4, 0.5) is 14.9 Å². The van der Waals surface area contributed by atoms with E-state index in [0.717, 1.165) is 0 Å². The summed E-state index contributed by atoms with van der Waals surface area (Å²) in [5.41, 5.74) is -0.411. The van der Waals surface area contributed by atoms with E-state index in [4.69, 9.17) is 11.6 Å². The van der Waals surface area contributed by atoms with Crippen LogP contribution in [0.25, 0.3) is 0 Å². The van der Waals surface area contributed by atoms with Gasteiger partial charge in [-0.15, -0.1) is 0 Å². The number of halogens is 2. The zero-order chi connectivity index (χ0) is 20.0. The Morgan fingerprint density at radius 1 is 1.26 bits per heavy atom. The molecule has 27 heavy (non-hydrogen) atoms. The van der Waals surface area contributed by atoms with Crippen molar-refractivity contribution in [3.05, 3.63) is 29.0 Å². The van der Waals surface area contributed by atoms with Crippen LogP contribution in [0.3, 0.4) is 0 Å². The van der Waals surface area contributed by atoms with Crippen molar-refractivity contribution in [3.8, 4) is 0 Å². The van der Waals surface area contributed by atoms with Crippen LogP contribution in [-0.4, -0.2) is 61.9 Å². The maximum atomic E-state index is 13.5. The molecule has 1 saturated heterocycles. The molecule has 1 atom stereocenters. The van der Waals surface area contributed by atoms with Crippen LogP contribution >= 0.6 is 11.6 Å². The first-order valence-electron chi connectivity index (χ1n) is 8.71. The van der Waals surface area contributed by atoms with Gasteiger partial charge in [0.15, 0.2) is 0 Å². The van der Waals surface area contributed by atoms with Crippen molar-refractivity contribution in [3.63, 3.8) is 0 Å². The van der Waals surface area contributed by atoms with Crippen LogP contribution < -0.4 is 15.5 Å². The summed E-state index contributed by atoms with van der Waals surface area (Å²) in [5, 5.41) is 5.27. The Morgan fingerprint density at radius 2 is 1.93 bits per heavy atom. The number of amides is 3. The summed E-state index contributed by atoms with van der Waals surface area (Å²) in [7, 11) is 1.46. The highest BCUT2D eigenvalue weighted by molar-refractivity contribution is 6.30. The predicted octanol–water partition coefficient (Wildman–Crippen LogP) is 1.79. The maximum Gasteiger partial charge on any atom is 0.315 e. The summed E-state index contributed by atoms with van der Waals surface area (Å²) >= 11 is 5.90. The summed E-state index contributed by atoms with van der Waals surface area (Å²) in [5.74, 6) is -0.480. The third-order valence-corrected chi connectivity index (χ3v) is 4.81. The van der Waals surface area contributed by atoms with Crippen molar-refractivity contribution in [2.75, 3.05) is 38.1 Å². The highest BCUT2D eigenvalue weighted by atomic mass is 35.5. The van der Waals surface area contributed by atoms with Gasteiger partial charge in [-0.1, -0.05) is 11.6 Å². The molecule has 0 saturated carbocycles. The maximum absolute atomic E-state index is 13.5. The molecule has 7 nitrogen and oxygen atoms in total. The number of piperazine rings is 1. The molecule has 1 fully saturated rings. The van der Waals surface area contributed by atoms with Crippen molar-refractivity contribution in [2.24, 2.45) is 0 Å². The van der Waals surface area contributed by atoms with E-state index < -0.39 is 17.4 Å². The van der Waals surface area contributed by atoms with E-state index in [1.807, 2.05) is 4.90 Å². The van der Waals surface area contributed by atoms with E-state index in [0.29, 0.717) is 43.2 Å². The van der Waals surface area contributed by atoms with Gasteiger partial charge >= 0.3 is 6.03 Å². The first kappa shape index (κ1) is 21.0. The molecule has 1 unspecified atom stereocenters. The van der Waals surface area contributed by atoms with Gasteiger partial charge in [0.25, 0.3) is 0 Å². The molecule has 0 aliphatic carbocycles. The Morgan fingerprint density at radius 3 is 2.48 bits per heavy atom. The molecule has 1 aromatic carbocycles. The quantitative estimate of drug-likeness (QED) is 0.716. The number of nitrogens with zero attached hydrogens (tertiary/aromatic N) is 2. The van der Waals surface area contributed by atoms with Gasteiger partial charge in [0, 0.05) is 50.4 Å². The highest BCUT2D eigenvalue weighted by Gasteiger charge is 2.28. The molecule has 1 aliphatic rings. The Hall–Kier alpha value is -2.35. The fourth-order valence-corrected chi connectivity index (χ4v) is 3.15. The third kappa shape index (κ3) is 5.82. The second kappa shape index (κ2) is 9.03. The van der Waals surface area contributed by atoms with Crippen molar-refractivity contribution in [1.82, 2.24) is 15.5 Å². The first-order chi connectivity index (χ1) is 12.8. The van der Waals surface area contributed by atoms with Gasteiger partial charge in [-0.3, -0.25) is 4.79 Å². The minimum absolute atomic E-state index is 0.0845. The zero-order valence-electron chi connectivity index (χ0n) is 15.4. The van der Waals surface area contributed by atoms with Gasteiger partial charge in [0.05, 0.1) is 5.54 Å². The Bertz CT molecular complexity index is 690. The minimum atomic E-state index is -1.10. The van der Waals surface area contributed by atoms with Gasteiger partial charge < -0.3 is 25.2 Å². The number of hydrogen-bond acceptors (Lipinski definition) is 4. The normalized spacial score (nSPS) is 16.4.